The minimum Gasteiger partial charge on any atom is -0.319 e. The Morgan fingerprint density at radius 3 is 2.62 bits per heavy atom. The lowest BCUT2D eigenvalue weighted by Gasteiger charge is -2.17. The Labute approximate surface area is 78.0 Å². The van der Waals surface area contributed by atoms with Crippen molar-refractivity contribution in [2.24, 2.45) is 5.73 Å². The fourth-order valence-corrected chi connectivity index (χ4v) is 1.05. The summed E-state index contributed by atoms with van der Waals surface area (Å²) in [6.45, 7) is 5.27. The van der Waals surface area contributed by atoms with Crippen molar-refractivity contribution in [3.63, 3.8) is 0 Å². The van der Waals surface area contributed by atoms with Gasteiger partial charge < -0.3 is 5.73 Å². The highest BCUT2D eigenvalue weighted by molar-refractivity contribution is 6.03. The molecule has 0 aromatic carbocycles. The molecule has 0 amide bonds. The predicted molar refractivity (Wildman–Crippen MR) is 51.6 cm³/mol. The van der Waals surface area contributed by atoms with Crippen LogP contribution in [-0.4, -0.2) is 16.3 Å². The van der Waals surface area contributed by atoms with Crippen LogP contribution in [0.4, 0.5) is 0 Å². The Kier molecular flexibility index (Phi) is 2.48. The smallest absolute Gasteiger partial charge is 0.183 e. The third kappa shape index (κ3) is 2.12. The highest BCUT2D eigenvalue weighted by Gasteiger charge is 2.24. The van der Waals surface area contributed by atoms with Crippen LogP contribution < -0.4 is 5.73 Å². The van der Waals surface area contributed by atoms with Gasteiger partial charge in [0.15, 0.2) is 5.78 Å². The third-order valence-corrected chi connectivity index (χ3v) is 1.87. The molecule has 0 unspecified atom stereocenters. The summed E-state index contributed by atoms with van der Waals surface area (Å²) in [5.74, 6) is -0.0712. The van der Waals surface area contributed by atoms with Gasteiger partial charge in [-0.2, -0.15) is 0 Å². The minimum absolute atomic E-state index is 0.0712. The molecule has 0 saturated carbocycles. The number of aryl methyl sites for hydroxylation is 1. The van der Waals surface area contributed by atoms with Crippen molar-refractivity contribution >= 4 is 5.78 Å². The summed E-state index contributed by atoms with van der Waals surface area (Å²) >= 11 is 0. The molecule has 13 heavy (non-hydrogen) atoms. The van der Waals surface area contributed by atoms with E-state index < -0.39 is 5.54 Å². The van der Waals surface area contributed by atoms with E-state index in [1.807, 2.05) is 6.92 Å². The first-order valence-corrected chi connectivity index (χ1v) is 4.17. The third-order valence-electron chi connectivity index (χ3n) is 1.87. The van der Waals surface area contributed by atoms with E-state index >= 15 is 0 Å². The van der Waals surface area contributed by atoms with Crippen molar-refractivity contribution in [2.75, 3.05) is 0 Å². The summed E-state index contributed by atoms with van der Waals surface area (Å²) in [4.78, 5) is 15.6. The molecule has 3 heteroatoms. The van der Waals surface area contributed by atoms with Gasteiger partial charge in [-0.1, -0.05) is 0 Å². The van der Waals surface area contributed by atoms with Crippen LogP contribution in [-0.2, 0) is 0 Å². The van der Waals surface area contributed by atoms with Crippen molar-refractivity contribution in [1.29, 1.82) is 0 Å². The van der Waals surface area contributed by atoms with E-state index in [-0.39, 0.29) is 5.78 Å². The van der Waals surface area contributed by atoms with Crippen molar-refractivity contribution in [2.45, 2.75) is 26.3 Å². The molecule has 0 bridgehead atoms. The van der Waals surface area contributed by atoms with E-state index in [0.29, 0.717) is 5.56 Å². The van der Waals surface area contributed by atoms with Gasteiger partial charge in [0.2, 0.25) is 0 Å². The number of nitrogens with zero attached hydrogens (tertiary/aromatic N) is 1. The molecule has 1 aromatic rings. The molecule has 0 aliphatic heterocycles. The molecule has 0 saturated heterocycles. The number of carbonyl (C=O) groups excluding carboxylic acids is 1. The molecule has 2 N–H and O–H groups in total. The van der Waals surface area contributed by atoms with E-state index in [9.17, 15) is 4.79 Å². The Balaban J connectivity index is 3.10. The molecule has 0 radical (unpaired) electrons. The summed E-state index contributed by atoms with van der Waals surface area (Å²) in [6.07, 6.45) is 3.22. The fourth-order valence-electron chi connectivity index (χ4n) is 1.05. The molecule has 0 spiro atoms. The van der Waals surface area contributed by atoms with Gasteiger partial charge in [-0.3, -0.25) is 9.78 Å². The lowest BCUT2D eigenvalue weighted by atomic mass is 9.93. The summed E-state index contributed by atoms with van der Waals surface area (Å²) in [5, 5.41) is 0. The predicted octanol–water partition coefficient (Wildman–Crippen LogP) is 1.31. The van der Waals surface area contributed by atoms with Crippen LogP contribution in [0.5, 0.6) is 0 Å². The van der Waals surface area contributed by atoms with Crippen molar-refractivity contribution in [1.82, 2.24) is 4.98 Å². The highest BCUT2D eigenvalue weighted by Crippen LogP contribution is 2.12. The molecule has 1 aromatic heterocycles. The molecule has 3 nitrogen and oxygen atoms in total. The minimum atomic E-state index is -0.826. The van der Waals surface area contributed by atoms with Crippen LogP contribution in [0.15, 0.2) is 18.5 Å². The SMILES string of the molecule is Cc1ccncc1C(=O)C(C)(C)N. The Bertz CT molecular complexity index is 326. The highest BCUT2D eigenvalue weighted by atomic mass is 16.1. The summed E-state index contributed by atoms with van der Waals surface area (Å²) in [7, 11) is 0. The van der Waals surface area contributed by atoms with E-state index in [2.05, 4.69) is 4.98 Å². The Hall–Kier alpha value is -1.22. The molecular formula is C10H14N2O. The van der Waals surface area contributed by atoms with Crippen LogP contribution >= 0.6 is 0 Å². The molecule has 0 aliphatic rings. The lowest BCUT2D eigenvalue weighted by Crippen LogP contribution is -2.41. The van der Waals surface area contributed by atoms with Gasteiger partial charge in [0.1, 0.15) is 0 Å². The van der Waals surface area contributed by atoms with Gasteiger partial charge in [-0.05, 0) is 32.4 Å². The van der Waals surface area contributed by atoms with Crippen molar-refractivity contribution in [3.05, 3.63) is 29.6 Å². The first kappa shape index (κ1) is 9.86. The molecular weight excluding hydrogens is 164 g/mol. The van der Waals surface area contributed by atoms with Crippen LogP contribution in [0.3, 0.4) is 0 Å². The lowest BCUT2D eigenvalue weighted by molar-refractivity contribution is 0.0912. The number of hydrogen-bond acceptors (Lipinski definition) is 3. The largest absolute Gasteiger partial charge is 0.319 e. The zero-order chi connectivity index (χ0) is 10.1. The molecule has 0 aliphatic carbocycles. The molecule has 1 heterocycles. The van der Waals surface area contributed by atoms with E-state index in [1.165, 1.54) is 0 Å². The first-order valence-electron chi connectivity index (χ1n) is 4.17. The van der Waals surface area contributed by atoms with E-state index in [0.717, 1.165) is 5.56 Å². The van der Waals surface area contributed by atoms with Crippen molar-refractivity contribution < 1.29 is 4.79 Å². The Morgan fingerprint density at radius 1 is 1.54 bits per heavy atom. The number of nitrogens with two attached hydrogens (primary N) is 1. The fraction of sp³-hybridized carbons (Fsp3) is 0.400. The summed E-state index contributed by atoms with van der Waals surface area (Å²) < 4.78 is 0. The zero-order valence-electron chi connectivity index (χ0n) is 8.16. The van der Waals surface area contributed by atoms with Crippen LogP contribution in [0.2, 0.25) is 0 Å². The van der Waals surface area contributed by atoms with Crippen LogP contribution in [0.25, 0.3) is 0 Å². The molecule has 70 valence electrons. The second kappa shape index (κ2) is 3.26. The topological polar surface area (TPSA) is 56.0 Å². The number of ketones is 1. The molecule has 0 fully saturated rings. The maximum absolute atomic E-state index is 11.7. The summed E-state index contributed by atoms with van der Waals surface area (Å²) in [6, 6.07) is 1.80. The van der Waals surface area contributed by atoms with Gasteiger partial charge in [0.05, 0.1) is 5.54 Å². The number of carbonyl (C=O) groups is 1. The van der Waals surface area contributed by atoms with Crippen LogP contribution in [0.1, 0.15) is 29.8 Å². The normalized spacial score (nSPS) is 11.4. The second-order valence-corrected chi connectivity index (χ2v) is 3.74. The van der Waals surface area contributed by atoms with Crippen LogP contribution in [0, 0.1) is 6.92 Å². The maximum Gasteiger partial charge on any atom is 0.183 e. The number of rotatable bonds is 2. The number of aromatic nitrogens is 1. The van der Waals surface area contributed by atoms with E-state index in [4.69, 9.17) is 5.73 Å². The molecule has 1 rings (SSSR count). The second-order valence-electron chi connectivity index (χ2n) is 3.74. The zero-order valence-corrected chi connectivity index (χ0v) is 8.16. The van der Waals surface area contributed by atoms with Gasteiger partial charge in [0, 0.05) is 18.0 Å². The monoisotopic (exact) mass is 178 g/mol. The summed E-state index contributed by atoms with van der Waals surface area (Å²) in [5.41, 5.74) is 6.40. The molecule has 0 atom stereocenters. The maximum atomic E-state index is 11.7. The number of Topliss-reactive ketones (excluding diaryl/α,β-unsaturated/α-hetero) is 1. The van der Waals surface area contributed by atoms with Gasteiger partial charge in [0.25, 0.3) is 0 Å². The van der Waals surface area contributed by atoms with Gasteiger partial charge >= 0.3 is 0 Å². The average Bonchev–Trinajstić information content (AvgIpc) is 2.02. The number of hydrogen-bond donors (Lipinski definition) is 1. The first-order chi connectivity index (χ1) is 5.93. The van der Waals surface area contributed by atoms with Gasteiger partial charge in [-0.15, -0.1) is 0 Å². The Morgan fingerprint density at radius 2 is 2.15 bits per heavy atom. The average molecular weight is 178 g/mol. The standard InChI is InChI=1S/C10H14N2O/c1-7-4-5-12-6-8(7)9(13)10(2,3)11/h4-6H,11H2,1-3H3. The number of pyridine rings is 1. The van der Waals surface area contributed by atoms with Crippen molar-refractivity contribution in [3.8, 4) is 0 Å². The van der Waals surface area contributed by atoms with E-state index in [1.54, 1.807) is 32.3 Å². The quantitative estimate of drug-likeness (QED) is 0.695. The van der Waals surface area contributed by atoms with Gasteiger partial charge in [-0.25, -0.2) is 0 Å².